The number of anilines is 1. The molecule has 0 spiro atoms. The van der Waals surface area contributed by atoms with Gasteiger partial charge >= 0.3 is 0 Å². The van der Waals surface area contributed by atoms with Gasteiger partial charge in [-0.2, -0.15) is 0 Å². The van der Waals surface area contributed by atoms with Gasteiger partial charge in [0.25, 0.3) is 5.22 Å². The van der Waals surface area contributed by atoms with Crippen molar-refractivity contribution in [3.8, 4) is 0 Å². The Hall–Kier alpha value is -1.86. The Balaban J connectivity index is 1.92. The Morgan fingerprint density at radius 2 is 2.05 bits per heavy atom. The molecule has 0 radical (unpaired) electrons. The highest BCUT2D eigenvalue weighted by molar-refractivity contribution is 7.99. The van der Waals surface area contributed by atoms with Crippen LogP contribution in [0.4, 0.5) is 5.69 Å². The number of nitrogens with zero attached hydrogens (tertiary/aromatic N) is 2. The number of carbonyl (C=O) groups is 1. The van der Waals surface area contributed by atoms with E-state index in [0.717, 1.165) is 5.69 Å². The second-order valence-corrected chi connectivity index (χ2v) is 6.09. The lowest BCUT2D eigenvalue weighted by molar-refractivity contribution is -0.122. The monoisotopic (exact) mass is 306 g/mol. The van der Waals surface area contributed by atoms with Gasteiger partial charge in [0.2, 0.25) is 11.8 Å². The van der Waals surface area contributed by atoms with Gasteiger partial charge < -0.3 is 15.5 Å². The summed E-state index contributed by atoms with van der Waals surface area (Å²) in [5, 5.41) is 11.0. The Bertz CT molecular complexity index is 598. The second-order valence-electron chi connectivity index (χ2n) is 5.16. The molecule has 1 amide bonds. The number of benzene rings is 1. The third-order valence-corrected chi connectivity index (χ3v) is 4.10. The number of rotatable bonds is 6. The fourth-order valence-corrected chi connectivity index (χ4v) is 2.38. The summed E-state index contributed by atoms with van der Waals surface area (Å²) >= 11 is 1.35. The first-order valence-corrected chi connectivity index (χ1v) is 7.51. The number of aromatic nitrogens is 2. The minimum absolute atomic E-state index is 0.0558. The maximum absolute atomic E-state index is 12.3. The molecular weight excluding hydrogens is 288 g/mol. The molecule has 6 nitrogen and oxygen atoms in total. The van der Waals surface area contributed by atoms with Crippen LogP contribution in [-0.4, -0.2) is 21.9 Å². The fraction of sp³-hybridized carbons (Fsp3) is 0.357. The predicted octanol–water partition coefficient (Wildman–Crippen LogP) is 2.29. The van der Waals surface area contributed by atoms with Crippen molar-refractivity contribution in [1.82, 2.24) is 10.2 Å². The van der Waals surface area contributed by atoms with E-state index in [9.17, 15) is 4.79 Å². The number of para-hydroxylation sites is 1. The topological polar surface area (TPSA) is 94.0 Å². The van der Waals surface area contributed by atoms with Gasteiger partial charge in [0.05, 0.1) is 12.0 Å². The van der Waals surface area contributed by atoms with Crippen LogP contribution in [-0.2, 0) is 11.3 Å². The molecule has 1 heterocycles. The number of nitrogens with two attached hydrogens (primary N) is 1. The molecule has 1 aromatic carbocycles. The molecule has 0 saturated heterocycles. The third kappa shape index (κ3) is 4.30. The predicted molar refractivity (Wildman–Crippen MR) is 81.8 cm³/mol. The number of amides is 1. The van der Waals surface area contributed by atoms with Crippen molar-refractivity contribution in [1.29, 1.82) is 0 Å². The molecule has 112 valence electrons. The minimum Gasteiger partial charge on any atom is -0.415 e. The highest BCUT2D eigenvalue weighted by Crippen LogP contribution is 2.28. The van der Waals surface area contributed by atoms with E-state index >= 15 is 0 Å². The van der Waals surface area contributed by atoms with Crippen LogP contribution >= 0.6 is 11.8 Å². The van der Waals surface area contributed by atoms with Crippen molar-refractivity contribution < 1.29 is 9.21 Å². The van der Waals surface area contributed by atoms with E-state index in [4.69, 9.17) is 10.2 Å². The summed E-state index contributed by atoms with van der Waals surface area (Å²) in [6, 6.07) is 9.37. The van der Waals surface area contributed by atoms with Gasteiger partial charge in [0.1, 0.15) is 0 Å². The molecule has 0 atom stereocenters. The molecule has 3 N–H and O–H groups in total. The number of thioether (sulfide) groups is 1. The van der Waals surface area contributed by atoms with E-state index < -0.39 is 5.41 Å². The molecule has 7 heteroatoms. The molecule has 0 saturated carbocycles. The van der Waals surface area contributed by atoms with E-state index in [0.29, 0.717) is 16.9 Å². The van der Waals surface area contributed by atoms with E-state index in [1.165, 1.54) is 11.8 Å². The van der Waals surface area contributed by atoms with E-state index in [1.807, 2.05) is 44.2 Å². The van der Waals surface area contributed by atoms with Crippen molar-refractivity contribution in [2.75, 3.05) is 11.1 Å². The summed E-state index contributed by atoms with van der Waals surface area (Å²) in [5.41, 5.74) is 5.62. The van der Waals surface area contributed by atoms with Gasteiger partial charge in [0.15, 0.2) is 0 Å². The molecule has 0 aliphatic rings. The first-order chi connectivity index (χ1) is 10.0. The van der Waals surface area contributed by atoms with Gasteiger partial charge in [-0.1, -0.05) is 43.8 Å². The van der Waals surface area contributed by atoms with Gasteiger partial charge in [-0.3, -0.25) is 4.79 Å². The highest BCUT2D eigenvalue weighted by atomic mass is 32.2. The van der Waals surface area contributed by atoms with E-state index in [-0.39, 0.29) is 12.5 Å². The van der Waals surface area contributed by atoms with Crippen molar-refractivity contribution in [2.45, 2.75) is 25.6 Å². The summed E-state index contributed by atoms with van der Waals surface area (Å²) in [6.07, 6.45) is 0. The van der Waals surface area contributed by atoms with Crippen LogP contribution in [0.15, 0.2) is 40.0 Å². The number of carbonyl (C=O) groups excluding carboxylic acids is 1. The van der Waals surface area contributed by atoms with Crippen molar-refractivity contribution >= 4 is 23.4 Å². The molecule has 21 heavy (non-hydrogen) atoms. The molecule has 0 fully saturated rings. The van der Waals surface area contributed by atoms with Crippen LogP contribution in [0.3, 0.4) is 0 Å². The summed E-state index contributed by atoms with van der Waals surface area (Å²) in [6.45, 7) is 3.96. The van der Waals surface area contributed by atoms with E-state index in [1.54, 1.807) is 0 Å². The summed E-state index contributed by atoms with van der Waals surface area (Å²) in [4.78, 5) is 12.3. The van der Waals surface area contributed by atoms with Crippen molar-refractivity contribution in [2.24, 2.45) is 11.1 Å². The van der Waals surface area contributed by atoms with Crippen LogP contribution in [0, 0.1) is 5.41 Å². The Labute approximate surface area is 127 Å². The average Bonchev–Trinajstić information content (AvgIpc) is 2.94. The summed E-state index contributed by atoms with van der Waals surface area (Å²) in [5.74, 6) is 0.863. The lowest BCUT2D eigenvalue weighted by Crippen LogP contribution is -2.32. The van der Waals surface area contributed by atoms with Gasteiger partial charge in [-0.25, -0.2) is 0 Å². The van der Waals surface area contributed by atoms with Crippen LogP contribution in [0.1, 0.15) is 19.7 Å². The first-order valence-electron chi connectivity index (χ1n) is 6.53. The minimum atomic E-state index is -0.572. The zero-order chi connectivity index (χ0) is 15.3. The van der Waals surface area contributed by atoms with Gasteiger partial charge in [0, 0.05) is 11.4 Å². The third-order valence-electron chi connectivity index (χ3n) is 2.83. The normalized spacial score (nSPS) is 11.4. The molecule has 0 unspecified atom stereocenters. The summed E-state index contributed by atoms with van der Waals surface area (Å²) < 4.78 is 5.31. The van der Waals surface area contributed by atoms with Gasteiger partial charge in [-0.15, -0.1) is 10.2 Å². The maximum Gasteiger partial charge on any atom is 0.276 e. The largest absolute Gasteiger partial charge is 0.415 e. The van der Waals surface area contributed by atoms with E-state index in [2.05, 4.69) is 15.5 Å². The smallest absolute Gasteiger partial charge is 0.276 e. The van der Waals surface area contributed by atoms with Crippen molar-refractivity contribution in [3.63, 3.8) is 0 Å². The second kappa shape index (κ2) is 6.73. The molecule has 0 aliphatic carbocycles. The van der Waals surface area contributed by atoms with Crippen LogP contribution < -0.4 is 11.1 Å². The quantitative estimate of drug-likeness (QED) is 0.795. The molecule has 0 aliphatic heterocycles. The number of hydrogen-bond donors (Lipinski definition) is 2. The SMILES string of the molecule is CC(C)(CSc1nnc(CN)o1)C(=O)Nc1ccccc1. The molecule has 2 rings (SSSR count). The Morgan fingerprint density at radius 1 is 1.33 bits per heavy atom. The fourth-order valence-electron chi connectivity index (χ4n) is 1.51. The Kier molecular flexibility index (Phi) is 4.98. The maximum atomic E-state index is 12.3. The molecule has 0 bridgehead atoms. The Morgan fingerprint density at radius 3 is 2.67 bits per heavy atom. The number of nitrogens with one attached hydrogen (secondary N) is 1. The zero-order valence-corrected chi connectivity index (χ0v) is 12.8. The van der Waals surface area contributed by atoms with Crippen molar-refractivity contribution in [3.05, 3.63) is 36.2 Å². The number of hydrogen-bond acceptors (Lipinski definition) is 6. The average molecular weight is 306 g/mol. The summed E-state index contributed by atoms with van der Waals surface area (Å²) in [7, 11) is 0. The molecular formula is C14H18N4O2S. The lowest BCUT2D eigenvalue weighted by atomic mass is 9.95. The van der Waals surface area contributed by atoms with Crippen LogP contribution in [0.5, 0.6) is 0 Å². The highest BCUT2D eigenvalue weighted by Gasteiger charge is 2.28. The molecule has 1 aromatic heterocycles. The zero-order valence-electron chi connectivity index (χ0n) is 12.0. The lowest BCUT2D eigenvalue weighted by Gasteiger charge is -2.22. The molecule has 2 aromatic rings. The van der Waals surface area contributed by atoms with Crippen LogP contribution in [0.25, 0.3) is 0 Å². The first kappa shape index (κ1) is 15.5. The standard InChI is InChI=1S/C14H18N4O2S/c1-14(2,9-21-13-18-17-11(8-15)20-13)12(19)16-10-6-4-3-5-7-10/h3-7H,8-9,15H2,1-2H3,(H,16,19). The van der Waals surface area contributed by atoms with Gasteiger partial charge in [-0.05, 0) is 12.1 Å². The van der Waals surface area contributed by atoms with Crippen LogP contribution in [0.2, 0.25) is 0 Å².